The fraction of sp³-hybridized carbons (Fsp3) is 0.400. The maximum atomic E-state index is 10.6. The number of aliphatic hydroxyl groups is 1. The van der Waals surface area contributed by atoms with Crippen LogP contribution >= 0.6 is 0 Å². The number of anilines is 4. The third-order valence-corrected chi connectivity index (χ3v) is 5.04. The van der Waals surface area contributed by atoms with Gasteiger partial charge in [0, 0.05) is 27.1 Å². The van der Waals surface area contributed by atoms with E-state index < -0.39 is 6.10 Å². The van der Waals surface area contributed by atoms with E-state index in [4.69, 9.17) is 0 Å². The van der Waals surface area contributed by atoms with Crippen LogP contribution in [0.2, 0.25) is 0 Å². The van der Waals surface area contributed by atoms with E-state index in [-0.39, 0.29) is 6.04 Å². The predicted molar refractivity (Wildman–Crippen MR) is 116 cm³/mol. The molecule has 2 heterocycles. The van der Waals surface area contributed by atoms with Crippen LogP contribution in [-0.2, 0) is 6.42 Å². The largest absolute Gasteiger partial charge is 0.390 e. The monoisotopic (exact) mass is 394 g/mol. The summed E-state index contributed by atoms with van der Waals surface area (Å²) in [6.07, 6.45) is 1.04. The van der Waals surface area contributed by atoms with Crippen LogP contribution in [0.5, 0.6) is 0 Å². The van der Waals surface area contributed by atoms with E-state index in [9.17, 15) is 5.11 Å². The van der Waals surface area contributed by atoms with Gasteiger partial charge < -0.3 is 26.4 Å². The smallest absolute Gasteiger partial charge is 0.226 e. The lowest BCUT2D eigenvalue weighted by Crippen LogP contribution is -2.22. The highest BCUT2D eigenvalue weighted by atomic mass is 16.3. The highest BCUT2D eigenvalue weighted by molar-refractivity contribution is 5.94. The molecule has 1 aliphatic rings. The Morgan fingerprint density at radius 2 is 1.62 bits per heavy atom. The van der Waals surface area contributed by atoms with Crippen LogP contribution < -0.4 is 21.3 Å². The first-order chi connectivity index (χ1) is 14.1. The second-order valence-electron chi connectivity index (χ2n) is 7.01. The molecular formula is C20H26N8O. The van der Waals surface area contributed by atoms with Gasteiger partial charge in [-0.1, -0.05) is 31.2 Å². The molecular weight excluding hydrogens is 368 g/mol. The number of nitrogens with one attached hydrogen (secondary N) is 4. The minimum Gasteiger partial charge on any atom is -0.390 e. The van der Waals surface area contributed by atoms with E-state index in [0.29, 0.717) is 41.0 Å². The Morgan fingerprint density at radius 3 is 2.31 bits per heavy atom. The van der Waals surface area contributed by atoms with Gasteiger partial charge >= 0.3 is 0 Å². The summed E-state index contributed by atoms with van der Waals surface area (Å²) in [5.41, 5.74) is 3.44. The number of hydrogen-bond acceptors (Lipinski definition) is 9. The van der Waals surface area contributed by atoms with Crippen molar-refractivity contribution in [1.29, 1.82) is 0 Å². The summed E-state index contributed by atoms with van der Waals surface area (Å²) >= 11 is 0. The van der Waals surface area contributed by atoms with Crippen LogP contribution in [-0.4, -0.2) is 51.8 Å². The lowest BCUT2D eigenvalue weighted by molar-refractivity contribution is 0.165. The molecule has 0 amide bonds. The van der Waals surface area contributed by atoms with Crippen molar-refractivity contribution in [3.8, 4) is 0 Å². The van der Waals surface area contributed by atoms with Crippen molar-refractivity contribution in [2.24, 2.45) is 0 Å². The topological polar surface area (TPSA) is 120 Å². The van der Waals surface area contributed by atoms with Gasteiger partial charge in [0.05, 0.1) is 12.1 Å². The highest BCUT2D eigenvalue weighted by Crippen LogP contribution is 2.34. The lowest BCUT2D eigenvalue weighted by Gasteiger charge is -2.19. The maximum Gasteiger partial charge on any atom is 0.226 e. The molecule has 0 spiro atoms. The summed E-state index contributed by atoms with van der Waals surface area (Å²) in [6, 6.07) is 7.76. The number of fused-ring (bicyclic) bond motifs is 2. The quantitative estimate of drug-likeness (QED) is 0.411. The van der Waals surface area contributed by atoms with Gasteiger partial charge in [-0.2, -0.15) is 9.97 Å². The summed E-state index contributed by atoms with van der Waals surface area (Å²) < 4.78 is 0. The molecule has 1 aliphatic carbocycles. The standard InChI is InChI=1S/C20H26N8O/c1-4-9-23-19-25-15-16(17(21-2)27-19)26-20(28-18(15)22-3)24-14-12-8-6-5-7-11(12)10-13(14)29/h5-8,13-14,29H,4,9-10H2,1-3H3,(H2,21,23,25,27)(H2,22,24,26,28)/t13-,14+/m1/s1. The second-order valence-corrected chi connectivity index (χ2v) is 7.01. The van der Waals surface area contributed by atoms with Crippen molar-refractivity contribution < 1.29 is 5.11 Å². The first kappa shape index (κ1) is 19.1. The van der Waals surface area contributed by atoms with Crippen LogP contribution in [0.25, 0.3) is 11.0 Å². The summed E-state index contributed by atoms with van der Waals surface area (Å²) in [7, 11) is 3.60. The molecule has 2 atom stereocenters. The summed E-state index contributed by atoms with van der Waals surface area (Å²) in [6.45, 7) is 2.87. The molecule has 29 heavy (non-hydrogen) atoms. The minimum atomic E-state index is -0.537. The Kier molecular flexibility index (Phi) is 5.30. The molecule has 0 saturated heterocycles. The molecule has 1 aromatic carbocycles. The Bertz CT molecular complexity index is 1020. The second kappa shape index (κ2) is 8.04. The van der Waals surface area contributed by atoms with E-state index in [1.165, 1.54) is 0 Å². The van der Waals surface area contributed by atoms with Gasteiger partial charge in [0.1, 0.15) is 11.0 Å². The third kappa shape index (κ3) is 3.61. The molecule has 0 radical (unpaired) electrons. The van der Waals surface area contributed by atoms with Crippen molar-refractivity contribution in [2.75, 3.05) is 41.9 Å². The SMILES string of the molecule is CCCNc1nc(NC)c2nc(N[C@H]3c4ccccc4C[C@H]3O)nc(NC)c2n1. The third-order valence-electron chi connectivity index (χ3n) is 5.04. The zero-order valence-electron chi connectivity index (χ0n) is 16.8. The van der Waals surface area contributed by atoms with Crippen molar-refractivity contribution >= 4 is 34.6 Å². The molecule has 9 nitrogen and oxygen atoms in total. The average Bonchev–Trinajstić information content (AvgIpc) is 3.06. The van der Waals surface area contributed by atoms with E-state index in [1.807, 2.05) is 24.3 Å². The number of nitrogens with zero attached hydrogens (tertiary/aromatic N) is 4. The van der Waals surface area contributed by atoms with Crippen LogP contribution in [0.15, 0.2) is 24.3 Å². The number of benzene rings is 1. The Hall–Kier alpha value is -3.20. The predicted octanol–water partition coefficient (Wildman–Crippen LogP) is 2.40. The van der Waals surface area contributed by atoms with E-state index in [1.54, 1.807) is 14.1 Å². The molecule has 0 saturated carbocycles. The van der Waals surface area contributed by atoms with Gasteiger partial charge in [0.2, 0.25) is 11.9 Å². The fourth-order valence-electron chi connectivity index (χ4n) is 3.63. The maximum absolute atomic E-state index is 10.6. The van der Waals surface area contributed by atoms with Gasteiger partial charge in [-0.25, -0.2) is 9.97 Å². The zero-order valence-corrected chi connectivity index (χ0v) is 16.8. The van der Waals surface area contributed by atoms with Crippen molar-refractivity contribution in [1.82, 2.24) is 19.9 Å². The van der Waals surface area contributed by atoms with Crippen LogP contribution in [0.3, 0.4) is 0 Å². The molecule has 0 aliphatic heterocycles. The lowest BCUT2D eigenvalue weighted by atomic mass is 10.1. The molecule has 9 heteroatoms. The zero-order chi connectivity index (χ0) is 20.4. The van der Waals surface area contributed by atoms with Crippen LogP contribution in [0, 0.1) is 0 Å². The van der Waals surface area contributed by atoms with Gasteiger partial charge in [-0.05, 0) is 17.5 Å². The summed E-state index contributed by atoms with van der Waals surface area (Å²) in [5, 5.41) is 23.3. The number of aliphatic hydroxyl groups excluding tert-OH is 1. The Labute approximate surface area is 169 Å². The van der Waals surface area contributed by atoms with Crippen molar-refractivity contribution in [3.63, 3.8) is 0 Å². The first-order valence-corrected chi connectivity index (χ1v) is 9.86. The number of hydrogen-bond donors (Lipinski definition) is 5. The molecule has 0 unspecified atom stereocenters. The molecule has 3 aromatic rings. The molecule has 0 bridgehead atoms. The average molecular weight is 394 g/mol. The summed E-state index contributed by atoms with van der Waals surface area (Å²) in [5.74, 6) is 2.15. The first-order valence-electron chi connectivity index (χ1n) is 9.86. The normalized spacial score (nSPS) is 17.8. The van der Waals surface area contributed by atoms with Gasteiger partial charge in [-0.3, -0.25) is 0 Å². The molecule has 0 fully saturated rings. The van der Waals surface area contributed by atoms with Crippen molar-refractivity contribution in [3.05, 3.63) is 35.4 Å². The Morgan fingerprint density at radius 1 is 0.966 bits per heavy atom. The summed E-state index contributed by atoms with van der Waals surface area (Å²) in [4.78, 5) is 18.4. The Balaban J connectivity index is 1.74. The number of aromatic nitrogens is 4. The highest BCUT2D eigenvalue weighted by Gasteiger charge is 2.31. The molecule has 2 aromatic heterocycles. The van der Waals surface area contributed by atoms with Crippen molar-refractivity contribution in [2.45, 2.75) is 31.9 Å². The van der Waals surface area contributed by atoms with Gasteiger partial charge in [0.15, 0.2) is 11.6 Å². The van der Waals surface area contributed by atoms with E-state index in [2.05, 4.69) is 48.1 Å². The number of rotatable bonds is 7. The van der Waals surface area contributed by atoms with Crippen LogP contribution in [0.1, 0.15) is 30.5 Å². The minimum absolute atomic E-state index is 0.266. The molecule has 5 N–H and O–H groups in total. The van der Waals surface area contributed by atoms with E-state index in [0.717, 1.165) is 24.1 Å². The molecule has 152 valence electrons. The van der Waals surface area contributed by atoms with Crippen LogP contribution in [0.4, 0.5) is 23.5 Å². The molecule has 4 rings (SSSR count). The fourth-order valence-corrected chi connectivity index (χ4v) is 3.63. The van der Waals surface area contributed by atoms with Gasteiger partial charge in [0.25, 0.3) is 0 Å². The van der Waals surface area contributed by atoms with Gasteiger partial charge in [-0.15, -0.1) is 0 Å². The van der Waals surface area contributed by atoms with E-state index >= 15 is 0 Å².